The molecule has 1 aliphatic heterocycles. The van der Waals surface area contributed by atoms with Gasteiger partial charge in [-0.15, -0.1) is 0 Å². The lowest BCUT2D eigenvalue weighted by Gasteiger charge is -2.21. The Labute approximate surface area is 217 Å². The van der Waals surface area contributed by atoms with E-state index in [4.69, 9.17) is 4.74 Å². The predicted octanol–water partition coefficient (Wildman–Crippen LogP) is 4.72. The fraction of sp³-hybridized carbons (Fsp3) is 0.241. The second kappa shape index (κ2) is 12.7. The summed E-state index contributed by atoms with van der Waals surface area (Å²) in [6, 6.07) is 18.7. The molecule has 8 heteroatoms. The molecule has 0 aliphatic carbocycles. The third-order valence-electron chi connectivity index (χ3n) is 5.86. The zero-order valence-electron chi connectivity index (χ0n) is 21.4. The van der Waals surface area contributed by atoms with Gasteiger partial charge in [-0.1, -0.05) is 23.8 Å². The van der Waals surface area contributed by atoms with E-state index in [0.717, 1.165) is 35.5 Å². The molecular formula is C29H32N6O2. The highest BCUT2D eigenvalue weighted by Gasteiger charge is 2.11. The number of carbonyl (C=O) groups excluding carboxylic acids is 1. The average Bonchev–Trinajstić information content (AvgIpc) is 2.92. The van der Waals surface area contributed by atoms with E-state index >= 15 is 0 Å². The number of amides is 1. The Hall–Kier alpha value is -4.14. The maximum Gasteiger partial charge on any atom is 0.322 e. The fourth-order valence-corrected chi connectivity index (χ4v) is 3.72. The van der Waals surface area contributed by atoms with Crippen molar-refractivity contribution in [2.75, 3.05) is 38.5 Å². The van der Waals surface area contributed by atoms with Gasteiger partial charge in [-0.05, 0) is 62.9 Å². The van der Waals surface area contributed by atoms with Crippen LogP contribution in [0.15, 0.2) is 79.3 Å². The Balaban J connectivity index is 0.000000396. The van der Waals surface area contributed by atoms with Crippen LogP contribution in [0.3, 0.4) is 0 Å². The van der Waals surface area contributed by atoms with Crippen LogP contribution in [0.25, 0.3) is 11.3 Å². The van der Waals surface area contributed by atoms with Gasteiger partial charge in [0.2, 0.25) is 0 Å². The minimum atomic E-state index is -0.177. The van der Waals surface area contributed by atoms with Gasteiger partial charge in [-0.25, -0.2) is 4.98 Å². The highest BCUT2D eigenvalue weighted by atomic mass is 16.5. The lowest BCUT2D eigenvalue weighted by Crippen LogP contribution is -2.40. The lowest BCUT2D eigenvalue weighted by molar-refractivity contribution is 0.102. The number of benzene rings is 2. The van der Waals surface area contributed by atoms with Gasteiger partial charge in [0.1, 0.15) is 5.75 Å². The van der Waals surface area contributed by atoms with Crippen molar-refractivity contribution in [3.63, 3.8) is 0 Å². The monoisotopic (exact) mass is 496 g/mol. The summed E-state index contributed by atoms with van der Waals surface area (Å²) in [5.74, 6) is 0.392. The molecule has 1 saturated heterocycles. The second-order valence-corrected chi connectivity index (χ2v) is 8.93. The molecule has 3 heterocycles. The summed E-state index contributed by atoms with van der Waals surface area (Å²) in [4.78, 5) is 27.7. The maximum absolute atomic E-state index is 12.5. The van der Waals surface area contributed by atoms with E-state index in [0.29, 0.717) is 17.0 Å². The number of rotatable bonds is 5. The Morgan fingerprint density at radius 3 is 2.54 bits per heavy atom. The topological polar surface area (TPSA) is 92.3 Å². The third-order valence-corrected chi connectivity index (χ3v) is 5.86. The molecule has 4 aromatic rings. The van der Waals surface area contributed by atoms with E-state index in [1.54, 1.807) is 36.8 Å². The summed E-state index contributed by atoms with van der Waals surface area (Å²) in [6.07, 6.45) is 5.09. The second-order valence-electron chi connectivity index (χ2n) is 8.93. The van der Waals surface area contributed by atoms with Crippen LogP contribution in [0.2, 0.25) is 0 Å². The van der Waals surface area contributed by atoms with Crippen molar-refractivity contribution in [1.82, 2.24) is 25.2 Å². The predicted molar refractivity (Wildman–Crippen MR) is 146 cm³/mol. The SMILES string of the molecule is CN1CCNCC1.Cc1cccc(C(=O)Nc2ccc(C)c(Oc3nccc(-c4cccnc4)n3)c2)c1. The molecule has 2 aromatic heterocycles. The number of pyridine rings is 1. The summed E-state index contributed by atoms with van der Waals surface area (Å²) < 4.78 is 5.92. The van der Waals surface area contributed by atoms with Crippen LogP contribution in [0, 0.1) is 13.8 Å². The summed E-state index contributed by atoms with van der Waals surface area (Å²) in [7, 11) is 2.15. The van der Waals surface area contributed by atoms with Crippen molar-refractivity contribution in [2.45, 2.75) is 13.8 Å². The maximum atomic E-state index is 12.5. The molecule has 1 aliphatic rings. The van der Waals surface area contributed by atoms with Gasteiger partial charge in [-0.3, -0.25) is 9.78 Å². The number of aryl methyl sites for hydroxylation is 2. The zero-order valence-corrected chi connectivity index (χ0v) is 21.4. The molecule has 1 amide bonds. The molecule has 2 N–H and O–H groups in total. The Morgan fingerprint density at radius 1 is 1.00 bits per heavy atom. The Kier molecular flexibility index (Phi) is 8.91. The summed E-state index contributed by atoms with van der Waals surface area (Å²) in [5.41, 5.74) is 4.76. The van der Waals surface area contributed by atoms with Gasteiger partial charge < -0.3 is 20.3 Å². The first-order valence-electron chi connectivity index (χ1n) is 12.3. The van der Waals surface area contributed by atoms with Crippen molar-refractivity contribution in [2.24, 2.45) is 0 Å². The van der Waals surface area contributed by atoms with Crippen LogP contribution in [0.1, 0.15) is 21.5 Å². The standard InChI is InChI=1S/C24H20N4O2.C5H12N2/c1-16-5-3-6-18(13-16)23(29)27-20-9-8-17(2)22(14-20)30-24-26-12-10-21(28-24)19-7-4-11-25-15-19;1-7-4-2-6-3-5-7/h3-15H,1-2H3,(H,27,29);6H,2-5H2,1H3. The van der Waals surface area contributed by atoms with Gasteiger partial charge in [-0.2, -0.15) is 4.98 Å². The first-order chi connectivity index (χ1) is 18.0. The zero-order chi connectivity index (χ0) is 26.0. The lowest BCUT2D eigenvalue weighted by atomic mass is 10.1. The van der Waals surface area contributed by atoms with E-state index < -0.39 is 0 Å². The molecule has 0 saturated carbocycles. The highest BCUT2D eigenvalue weighted by molar-refractivity contribution is 6.04. The molecule has 37 heavy (non-hydrogen) atoms. The van der Waals surface area contributed by atoms with Crippen LogP contribution in [0.5, 0.6) is 11.8 Å². The number of piperazine rings is 1. The van der Waals surface area contributed by atoms with Crippen molar-refractivity contribution in [3.8, 4) is 23.0 Å². The molecule has 5 rings (SSSR count). The van der Waals surface area contributed by atoms with Crippen molar-refractivity contribution >= 4 is 11.6 Å². The number of nitrogens with one attached hydrogen (secondary N) is 2. The first kappa shape index (κ1) is 25.9. The number of hydrogen-bond donors (Lipinski definition) is 2. The molecule has 2 aromatic carbocycles. The number of carbonyl (C=O) groups is 1. The smallest absolute Gasteiger partial charge is 0.322 e. The average molecular weight is 497 g/mol. The molecule has 1 fully saturated rings. The van der Waals surface area contributed by atoms with Gasteiger partial charge in [0.25, 0.3) is 5.91 Å². The molecular weight excluding hydrogens is 464 g/mol. The first-order valence-corrected chi connectivity index (χ1v) is 12.3. The van der Waals surface area contributed by atoms with E-state index in [1.165, 1.54) is 13.1 Å². The van der Waals surface area contributed by atoms with Gasteiger partial charge in [0.15, 0.2) is 0 Å². The van der Waals surface area contributed by atoms with E-state index in [1.807, 2.05) is 56.3 Å². The quantitative estimate of drug-likeness (QED) is 0.413. The fourth-order valence-electron chi connectivity index (χ4n) is 3.72. The molecule has 0 bridgehead atoms. The van der Waals surface area contributed by atoms with Crippen LogP contribution in [-0.2, 0) is 0 Å². The highest BCUT2D eigenvalue weighted by Crippen LogP contribution is 2.27. The van der Waals surface area contributed by atoms with Crippen molar-refractivity contribution < 1.29 is 9.53 Å². The van der Waals surface area contributed by atoms with Gasteiger partial charge >= 0.3 is 6.01 Å². The minimum absolute atomic E-state index is 0.177. The normalized spacial score (nSPS) is 13.3. The third kappa shape index (κ3) is 7.67. The summed E-state index contributed by atoms with van der Waals surface area (Å²) >= 11 is 0. The molecule has 0 spiro atoms. The van der Waals surface area contributed by atoms with Crippen molar-refractivity contribution in [1.29, 1.82) is 0 Å². The molecule has 8 nitrogen and oxygen atoms in total. The number of anilines is 1. The number of nitrogens with zero attached hydrogens (tertiary/aromatic N) is 4. The number of likely N-dealkylation sites (N-methyl/N-ethyl adjacent to an activating group) is 1. The van der Waals surface area contributed by atoms with Gasteiger partial charge in [0, 0.05) is 67.7 Å². The van der Waals surface area contributed by atoms with Crippen molar-refractivity contribution in [3.05, 3.63) is 95.9 Å². The molecule has 0 unspecified atom stereocenters. The van der Waals surface area contributed by atoms with E-state index in [9.17, 15) is 4.79 Å². The number of ether oxygens (including phenoxy) is 1. The molecule has 190 valence electrons. The summed E-state index contributed by atoms with van der Waals surface area (Å²) in [5, 5.41) is 6.18. The Morgan fingerprint density at radius 2 is 1.84 bits per heavy atom. The van der Waals surface area contributed by atoms with Gasteiger partial charge in [0.05, 0.1) is 5.69 Å². The van der Waals surface area contributed by atoms with Crippen LogP contribution >= 0.6 is 0 Å². The molecule has 0 atom stereocenters. The van der Waals surface area contributed by atoms with E-state index in [2.05, 4.69) is 37.5 Å². The van der Waals surface area contributed by atoms with Crippen LogP contribution < -0.4 is 15.4 Å². The Bertz CT molecular complexity index is 1320. The summed E-state index contributed by atoms with van der Waals surface area (Å²) in [6.45, 7) is 8.62. The number of aromatic nitrogens is 3. The molecule has 0 radical (unpaired) electrons. The van der Waals surface area contributed by atoms with Crippen LogP contribution in [-0.4, -0.2) is 59.0 Å². The largest absolute Gasteiger partial charge is 0.424 e. The van der Waals surface area contributed by atoms with Crippen LogP contribution in [0.4, 0.5) is 5.69 Å². The van der Waals surface area contributed by atoms with E-state index in [-0.39, 0.29) is 11.9 Å². The minimum Gasteiger partial charge on any atom is -0.424 e. The number of hydrogen-bond acceptors (Lipinski definition) is 7.